The largest absolute Gasteiger partial charge is 0.315 e. The first kappa shape index (κ1) is 10.7. The third kappa shape index (κ3) is 2.86. The molecule has 0 spiro atoms. The summed E-state index contributed by atoms with van der Waals surface area (Å²) in [4.78, 5) is 13.3. The monoisotopic (exact) mass is 255 g/mol. The number of hydrogen-bond acceptors (Lipinski definition) is 1. The minimum atomic E-state index is -0.434. The van der Waals surface area contributed by atoms with E-state index in [9.17, 15) is 9.18 Å². The van der Waals surface area contributed by atoms with E-state index in [4.69, 9.17) is 0 Å². The van der Waals surface area contributed by atoms with Gasteiger partial charge in [-0.25, -0.2) is 4.39 Å². The summed E-state index contributed by atoms with van der Waals surface area (Å²) in [6, 6.07) is 4.12. The molecular formula is C10H7BrFNO. The minimum absolute atomic E-state index is 0.327. The Bertz CT molecular complexity index is 420. The zero-order valence-corrected chi connectivity index (χ0v) is 8.98. The molecule has 14 heavy (non-hydrogen) atoms. The van der Waals surface area contributed by atoms with Crippen molar-refractivity contribution in [3.05, 3.63) is 29.6 Å². The van der Waals surface area contributed by atoms with Crippen molar-refractivity contribution in [2.24, 2.45) is 0 Å². The molecule has 0 radical (unpaired) electrons. The lowest BCUT2D eigenvalue weighted by molar-refractivity contribution is -0.111. The van der Waals surface area contributed by atoms with Crippen LogP contribution in [-0.2, 0) is 4.79 Å². The fourth-order valence-electron chi connectivity index (χ4n) is 0.964. The van der Waals surface area contributed by atoms with Crippen LogP contribution in [0, 0.1) is 23.5 Å². The Labute approximate surface area is 89.6 Å². The van der Waals surface area contributed by atoms with E-state index in [0.717, 1.165) is 0 Å². The Morgan fingerprint density at radius 1 is 1.57 bits per heavy atom. The number of carbonyl (C=O) groups excluding carboxylic acids is 1. The average molecular weight is 256 g/mol. The van der Waals surface area contributed by atoms with E-state index in [1.807, 2.05) is 0 Å². The van der Waals surface area contributed by atoms with Gasteiger partial charge in [0.25, 0.3) is 0 Å². The van der Waals surface area contributed by atoms with Crippen molar-refractivity contribution in [3.63, 3.8) is 0 Å². The summed E-state index contributed by atoms with van der Waals surface area (Å²) < 4.78 is 12.7. The van der Waals surface area contributed by atoms with Gasteiger partial charge in [-0.15, -0.1) is 0 Å². The smallest absolute Gasteiger partial charge is 0.301 e. The molecule has 0 aliphatic heterocycles. The number of carbonyl (C=O) groups is 1. The molecule has 1 N–H and O–H groups in total. The van der Waals surface area contributed by atoms with Crippen LogP contribution in [0.1, 0.15) is 5.56 Å². The van der Waals surface area contributed by atoms with Gasteiger partial charge in [0.05, 0.1) is 0 Å². The molecule has 0 unspecified atom stereocenters. The van der Waals surface area contributed by atoms with Crippen molar-refractivity contribution in [2.45, 2.75) is 6.92 Å². The third-order valence-corrected chi connectivity index (χ3v) is 1.80. The zero-order valence-electron chi connectivity index (χ0n) is 7.40. The van der Waals surface area contributed by atoms with Crippen molar-refractivity contribution in [2.75, 3.05) is 5.32 Å². The fraction of sp³-hybridized carbons (Fsp3) is 0.100. The molecule has 1 aromatic rings. The number of anilines is 1. The number of halogens is 2. The van der Waals surface area contributed by atoms with E-state index in [2.05, 4.69) is 32.0 Å². The average Bonchev–Trinajstić information content (AvgIpc) is 2.10. The highest BCUT2D eigenvalue weighted by atomic mass is 79.9. The molecule has 4 heteroatoms. The second kappa shape index (κ2) is 4.77. The first-order valence-corrected chi connectivity index (χ1v) is 4.61. The number of aryl methyl sites for hydroxylation is 1. The second-order valence-corrected chi connectivity index (χ2v) is 3.03. The lowest BCUT2D eigenvalue weighted by atomic mass is 10.2. The van der Waals surface area contributed by atoms with Crippen LogP contribution >= 0.6 is 15.9 Å². The number of amides is 1. The molecule has 1 aromatic carbocycles. The van der Waals surface area contributed by atoms with Gasteiger partial charge in [-0.3, -0.25) is 4.79 Å². The molecule has 0 fully saturated rings. The Morgan fingerprint density at radius 3 is 2.86 bits per heavy atom. The molecule has 0 aliphatic carbocycles. The van der Waals surface area contributed by atoms with Gasteiger partial charge in [0, 0.05) is 27.5 Å². The standard InChI is InChI=1S/C10H7BrFNO/c1-7-6-8(12)2-3-9(7)13-10(14)4-5-11/h2-3,6H,1H3,(H,13,14). The summed E-state index contributed by atoms with van der Waals surface area (Å²) in [6.45, 7) is 1.71. The maximum Gasteiger partial charge on any atom is 0.301 e. The predicted octanol–water partition coefficient (Wildman–Crippen LogP) is 2.43. The quantitative estimate of drug-likeness (QED) is 0.768. The van der Waals surface area contributed by atoms with Crippen molar-refractivity contribution in [1.82, 2.24) is 0 Å². The molecule has 0 saturated heterocycles. The van der Waals surface area contributed by atoms with Gasteiger partial charge in [0.2, 0.25) is 0 Å². The summed E-state index contributed by atoms with van der Waals surface area (Å²) >= 11 is 2.81. The molecule has 1 rings (SSSR count). The lowest BCUT2D eigenvalue weighted by Crippen LogP contribution is -2.09. The molecular weight excluding hydrogens is 249 g/mol. The summed E-state index contributed by atoms with van der Waals surface area (Å²) in [5.74, 6) is 1.50. The highest BCUT2D eigenvalue weighted by Crippen LogP contribution is 2.15. The van der Waals surface area contributed by atoms with E-state index >= 15 is 0 Å². The van der Waals surface area contributed by atoms with Gasteiger partial charge in [0.15, 0.2) is 0 Å². The minimum Gasteiger partial charge on any atom is -0.315 e. The van der Waals surface area contributed by atoms with Crippen LogP contribution < -0.4 is 5.32 Å². The van der Waals surface area contributed by atoms with Gasteiger partial charge >= 0.3 is 5.91 Å². The van der Waals surface area contributed by atoms with Crippen LogP contribution in [0.5, 0.6) is 0 Å². The Hall–Kier alpha value is -1.34. The van der Waals surface area contributed by atoms with Crippen molar-refractivity contribution < 1.29 is 9.18 Å². The molecule has 0 bridgehead atoms. The van der Waals surface area contributed by atoms with E-state index in [1.54, 1.807) is 6.92 Å². The van der Waals surface area contributed by atoms with E-state index in [-0.39, 0.29) is 5.82 Å². The van der Waals surface area contributed by atoms with Gasteiger partial charge in [-0.1, -0.05) is 0 Å². The van der Waals surface area contributed by atoms with Crippen molar-refractivity contribution >= 4 is 27.5 Å². The summed E-state index contributed by atoms with van der Waals surface area (Å²) in [6.07, 6.45) is 0. The summed E-state index contributed by atoms with van der Waals surface area (Å²) in [5.41, 5.74) is 1.22. The van der Waals surface area contributed by atoms with Gasteiger partial charge in [0.1, 0.15) is 5.82 Å². The number of hydrogen-bond donors (Lipinski definition) is 1. The molecule has 72 valence electrons. The molecule has 2 nitrogen and oxygen atoms in total. The number of nitrogens with one attached hydrogen (secondary N) is 1. The first-order chi connectivity index (χ1) is 6.63. The summed E-state index contributed by atoms with van der Waals surface area (Å²) in [5, 5.41) is 2.53. The highest BCUT2D eigenvalue weighted by Gasteiger charge is 2.02. The molecule has 1 amide bonds. The topological polar surface area (TPSA) is 29.1 Å². The lowest BCUT2D eigenvalue weighted by Gasteiger charge is -2.04. The van der Waals surface area contributed by atoms with E-state index in [1.165, 1.54) is 18.2 Å². The predicted molar refractivity (Wildman–Crippen MR) is 56.5 cm³/mol. The van der Waals surface area contributed by atoms with Crippen LogP contribution in [0.15, 0.2) is 18.2 Å². The van der Waals surface area contributed by atoms with Crippen LogP contribution in [0.2, 0.25) is 0 Å². The van der Waals surface area contributed by atoms with Crippen LogP contribution in [0.4, 0.5) is 10.1 Å². The molecule has 0 atom stereocenters. The van der Waals surface area contributed by atoms with Crippen molar-refractivity contribution in [1.29, 1.82) is 0 Å². The highest BCUT2D eigenvalue weighted by molar-refractivity contribution is 9.12. The van der Waals surface area contributed by atoms with E-state index < -0.39 is 5.91 Å². The van der Waals surface area contributed by atoms with Crippen LogP contribution in [0.25, 0.3) is 0 Å². The van der Waals surface area contributed by atoms with Gasteiger partial charge < -0.3 is 5.32 Å². The van der Waals surface area contributed by atoms with E-state index in [0.29, 0.717) is 11.3 Å². The normalized spacial score (nSPS) is 8.79. The zero-order chi connectivity index (χ0) is 10.6. The Kier molecular flexibility index (Phi) is 3.66. The van der Waals surface area contributed by atoms with Crippen LogP contribution in [0.3, 0.4) is 0 Å². The Morgan fingerprint density at radius 2 is 2.29 bits per heavy atom. The SMILES string of the molecule is Cc1cc(F)ccc1NC(=O)C#CBr. The second-order valence-electron chi connectivity index (χ2n) is 2.63. The molecule has 0 aliphatic rings. The fourth-order valence-corrected chi connectivity index (χ4v) is 1.14. The number of rotatable bonds is 1. The number of benzene rings is 1. The summed E-state index contributed by atoms with van der Waals surface area (Å²) in [7, 11) is 0. The molecule has 0 aromatic heterocycles. The maximum absolute atomic E-state index is 12.7. The van der Waals surface area contributed by atoms with Crippen LogP contribution in [-0.4, -0.2) is 5.91 Å². The molecule has 0 saturated carbocycles. The van der Waals surface area contributed by atoms with Gasteiger partial charge in [-0.2, -0.15) is 0 Å². The third-order valence-electron chi connectivity index (χ3n) is 1.60. The molecule has 0 heterocycles. The Balaban J connectivity index is 2.85. The first-order valence-electron chi connectivity index (χ1n) is 3.82. The van der Waals surface area contributed by atoms with Gasteiger partial charge in [-0.05, 0) is 35.5 Å². The van der Waals surface area contributed by atoms with Crippen molar-refractivity contribution in [3.8, 4) is 10.8 Å². The maximum atomic E-state index is 12.7.